The minimum absolute atomic E-state index is 0.0542. The van der Waals surface area contributed by atoms with Gasteiger partial charge in [-0.2, -0.15) is 0 Å². The van der Waals surface area contributed by atoms with Crippen molar-refractivity contribution in [1.82, 2.24) is 10.3 Å². The lowest BCUT2D eigenvalue weighted by atomic mass is 10.1. The third-order valence-corrected chi connectivity index (χ3v) is 2.91. The van der Waals surface area contributed by atoms with Crippen molar-refractivity contribution < 1.29 is 19.0 Å². The molecule has 2 N–H and O–H groups in total. The van der Waals surface area contributed by atoms with E-state index in [2.05, 4.69) is 10.3 Å². The van der Waals surface area contributed by atoms with Crippen molar-refractivity contribution in [3.63, 3.8) is 0 Å². The van der Waals surface area contributed by atoms with Crippen molar-refractivity contribution >= 4 is 16.8 Å². The first-order valence-electron chi connectivity index (χ1n) is 6.65. The monoisotopic (exact) mass is 292 g/mol. The number of aromatic nitrogens is 1. The summed E-state index contributed by atoms with van der Waals surface area (Å²) in [5.74, 6) is -0.711. The summed E-state index contributed by atoms with van der Waals surface area (Å²) in [4.78, 5) is 16.5. The molecule has 0 saturated heterocycles. The number of rotatable bonds is 6. The molecule has 0 aliphatic heterocycles. The van der Waals surface area contributed by atoms with Crippen LogP contribution in [0.5, 0.6) is 0 Å². The lowest BCUT2D eigenvalue weighted by molar-refractivity contribution is 0.0839. The van der Waals surface area contributed by atoms with E-state index in [-0.39, 0.29) is 19.1 Å². The zero-order chi connectivity index (χ0) is 15.2. The number of amides is 1. The van der Waals surface area contributed by atoms with Crippen molar-refractivity contribution in [2.45, 2.75) is 6.92 Å². The minimum Gasteiger partial charge on any atom is -0.394 e. The molecule has 0 radical (unpaired) electrons. The number of ether oxygens (including phenoxy) is 1. The van der Waals surface area contributed by atoms with Crippen molar-refractivity contribution in [3.05, 3.63) is 41.3 Å². The Kier molecular flexibility index (Phi) is 5.19. The molecule has 21 heavy (non-hydrogen) atoms. The first-order valence-corrected chi connectivity index (χ1v) is 6.65. The van der Waals surface area contributed by atoms with Crippen LogP contribution in [0, 0.1) is 12.7 Å². The maximum Gasteiger partial charge on any atom is 0.252 e. The molecule has 5 nitrogen and oxygen atoms in total. The van der Waals surface area contributed by atoms with Gasteiger partial charge in [0.2, 0.25) is 0 Å². The van der Waals surface area contributed by atoms with Gasteiger partial charge in [0.15, 0.2) is 0 Å². The Balaban J connectivity index is 2.16. The standard InChI is InChI=1S/C15H17FN2O3/c1-10-8-13(15(20)17-4-6-21-7-5-19)12-9-11(16)2-3-14(12)18-10/h2-3,8-9,19H,4-7H2,1H3,(H,17,20). The fourth-order valence-corrected chi connectivity index (χ4v) is 2.02. The summed E-state index contributed by atoms with van der Waals surface area (Å²) in [6.07, 6.45) is 0. The Labute approximate surface area is 121 Å². The van der Waals surface area contributed by atoms with Gasteiger partial charge in [0.1, 0.15) is 5.82 Å². The number of pyridine rings is 1. The summed E-state index contributed by atoms with van der Waals surface area (Å²) in [6, 6.07) is 5.81. The van der Waals surface area contributed by atoms with E-state index in [0.29, 0.717) is 35.3 Å². The number of carbonyl (C=O) groups is 1. The number of benzene rings is 1. The van der Waals surface area contributed by atoms with Gasteiger partial charge in [0, 0.05) is 17.6 Å². The molecule has 112 valence electrons. The molecule has 1 aromatic carbocycles. The lowest BCUT2D eigenvalue weighted by Crippen LogP contribution is -2.28. The molecule has 0 bridgehead atoms. The SMILES string of the molecule is Cc1cc(C(=O)NCCOCCO)c2cc(F)ccc2n1. The van der Waals surface area contributed by atoms with Crippen LogP contribution in [0.2, 0.25) is 0 Å². The highest BCUT2D eigenvalue weighted by atomic mass is 19.1. The van der Waals surface area contributed by atoms with Gasteiger partial charge in [-0.15, -0.1) is 0 Å². The number of nitrogens with zero attached hydrogens (tertiary/aromatic N) is 1. The maximum absolute atomic E-state index is 13.4. The quantitative estimate of drug-likeness (QED) is 0.790. The van der Waals surface area contributed by atoms with Crippen molar-refractivity contribution in [3.8, 4) is 0 Å². The number of hydrogen-bond donors (Lipinski definition) is 2. The van der Waals surface area contributed by atoms with Crippen molar-refractivity contribution in [2.75, 3.05) is 26.4 Å². The Hall–Kier alpha value is -2.05. The summed E-state index contributed by atoms with van der Waals surface area (Å²) < 4.78 is 18.4. The highest BCUT2D eigenvalue weighted by Gasteiger charge is 2.12. The maximum atomic E-state index is 13.4. The Morgan fingerprint density at radius 2 is 2.19 bits per heavy atom. The molecule has 0 saturated carbocycles. The number of halogens is 1. The molecule has 0 atom stereocenters. The van der Waals surface area contributed by atoms with Gasteiger partial charge < -0.3 is 15.2 Å². The Morgan fingerprint density at radius 3 is 2.95 bits per heavy atom. The first-order chi connectivity index (χ1) is 10.1. The minimum atomic E-state index is -0.409. The molecule has 1 amide bonds. The summed E-state index contributed by atoms with van der Waals surface area (Å²) in [7, 11) is 0. The second kappa shape index (κ2) is 7.10. The van der Waals surface area contributed by atoms with E-state index in [1.54, 1.807) is 19.1 Å². The van der Waals surface area contributed by atoms with Crippen LogP contribution in [0.3, 0.4) is 0 Å². The van der Waals surface area contributed by atoms with Crippen LogP contribution in [-0.4, -0.2) is 42.4 Å². The van der Waals surface area contributed by atoms with Gasteiger partial charge in [-0.05, 0) is 31.2 Å². The molecule has 1 aromatic heterocycles. The first kappa shape index (κ1) is 15.3. The normalized spacial score (nSPS) is 10.8. The molecule has 0 spiro atoms. The van der Waals surface area contributed by atoms with Gasteiger partial charge in [-0.25, -0.2) is 4.39 Å². The molecule has 2 aromatic rings. The zero-order valence-corrected chi connectivity index (χ0v) is 11.7. The van der Waals surface area contributed by atoms with Crippen LogP contribution in [0.15, 0.2) is 24.3 Å². The highest BCUT2D eigenvalue weighted by Crippen LogP contribution is 2.19. The van der Waals surface area contributed by atoms with Gasteiger partial charge >= 0.3 is 0 Å². The number of aliphatic hydroxyl groups excluding tert-OH is 1. The molecule has 0 aliphatic carbocycles. The van der Waals surface area contributed by atoms with E-state index in [0.717, 1.165) is 0 Å². The fourth-order valence-electron chi connectivity index (χ4n) is 2.02. The smallest absolute Gasteiger partial charge is 0.252 e. The van der Waals surface area contributed by atoms with Crippen LogP contribution in [-0.2, 0) is 4.74 Å². The van der Waals surface area contributed by atoms with Gasteiger partial charge in [0.25, 0.3) is 5.91 Å². The molecule has 2 rings (SSSR count). The third-order valence-electron chi connectivity index (χ3n) is 2.91. The van der Waals surface area contributed by atoms with E-state index in [4.69, 9.17) is 9.84 Å². The molecular formula is C15H17FN2O3. The molecule has 0 aliphatic rings. The van der Waals surface area contributed by atoms with Gasteiger partial charge in [-0.3, -0.25) is 9.78 Å². The molecule has 1 heterocycles. The Morgan fingerprint density at radius 1 is 1.38 bits per heavy atom. The van der Waals surface area contributed by atoms with E-state index in [1.165, 1.54) is 12.1 Å². The predicted molar refractivity (Wildman–Crippen MR) is 76.7 cm³/mol. The number of hydrogen-bond acceptors (Lipinski definition) is 4. The summed E-state index contributed by atoms with van der Waals surface area (Å²) in [6.45, 7) is 2.59. The van der Waals surface area contributed by atoms with Crippen LogP contribution < -0.4 is 5.32 Å². The third kappa shape index (κ3) is 3.96. The highest BCUT2D eigenvalue weighted by molar-refractivity contribution is 6.06. The number of nitrogens with one attached hydrogen (secondary N) is 1. The summed E-state index contributed by atoms with van der Waals surface area (Å²) >= 11 is 0. The summed E-state index contributed by atoms with van der Waals surface area (Å²) in [5, 5.41) is 11.8. The van der Waals surface area contributed by atoms with Crippen LogP contribution in [0.25, 0.3) is 10.9 Å². The van der Waals surface area contributed by atoms with E-state index >= 15 is 0 Å². The van der Waals surface area contributed by atoms with E-state index in [1.807, 2.05) is 0 Å². The second-order valence-corrected chi connectivity index (χ2v) is 4.56. The number of fused-ring (bicyclic) bond motifs is 1. The lowest BCUT2D eigenvalue weighted by Gasteiger charge is -2.09. The molecular weight excluding hydrogens is 275 g/mol. The van der Waals surface area contributed by atoms with Crippen LogP contribution in [0.1, 0.15) is 16.1 Å². The average molecular weight is 292 g/mol. The molecule has 6 heteroatoms. The summed E-state index contributed by atoms with van der Waals surface area (Å²) in [5.41, 5.74) is 1.66. The van der Waals surface area contributed by atoms with Crippen molar-refractivity contribution in [1.29, 1.82) is 0 Å². The molecule has 0 unspecified atom stereocenters. The second-order valence-electron chi connectivity index (χ2n) is 4.56. The van der Waals surface area contributed by atoms with E-state index in [9.17, 15) is 9.18 Å². The molecule has 0 fully saturated rings. The van der Waals surface area contributed by atoms with Crippen LogP contribution in [0.4, 0.5) is 4.39 Å². The largest absolute Gasteiger partial charge is 0.394 e. The average Bonchev–Trinajstić information content (AvgIpc) is 2.46. The van der Waals surface area contributed by atoms with Crippen molar-refractivity contribution in [2.24, 2.45) is 0 Å². The van der Waals surface area contributed by atoms with E-state index < -0.39 is 5.82 Å². The zero-order valence-electron chi connectivity index (χ0n) is 11.7. The predicted octanol–water partition coefficient (Wildman–Crippen LogP) is 1.42. The number of aliphatic hydroxyl groups is 1. The topological polar surface area (TPSA) is 71.5 Å². The van der Waals surface area contributed by atoms with Gasteiger partial charge in [-0.1, -0.05) is 0 Å². The number of aryl methyl sites for hydroxylation is 1. The van der Waals surface area contributed by atoms with Gasteiger partial charge in [0.05, 0.1) is 30.9 Å². The van der Waals surface area contributed by atoms with Crippen LogP contribution >= 0.6 is 0 Å². The Bertz CT molecular complexity index is 646. The number of carbonyl (C=O) groups excluding carboxylic acids is 1. The fraction of sp³-hybridized carbons (Fsp3) is 0.333.